The van der Waals surface area contributed by atoms with E-state index in [9.17, 15) is 9.59 Å². The number of hydrogen-bond acceptors (Lipinski definition) is 4. The second-order valence-corrected chi connectivity index (χ2v) is 8.70. The number of unbranched alkanes of at least 4 members (excludes halogenated alkanes) is 2. The van der Waals surface area contributed by atoms with E-state index < -0.39 is 0 Å². The molecule has 0 saturated heterocycles. The van der Waals surface area contributed by atoms with Crippen molar-refractivity contribution >= 4 is 33.6 Å². The van der Waals surface area contributed by atoms with Gasteiger partial charge in [0.1, 0.15) is 11.4 Å². The second-order valence-electron chi connectivity index (χ2n) is 8.70. The summed E-state index contributed by atoms with van der Waals surface area (Å²) >= 11 is 0. The highest BCUT2D eigenvalue weighted by molar-refractivity contribution is 5.98. The molecule has 0 fully saturated rings. The van der Waals surface area contributed by atoms with Crippen LogP contribution in [0.5, 0.6) is 5.75 Å². The fourth-order valence-electron chi connectivity index (χ4n) is 4.45. The maximum Gasteiger partial charge on any atom is 0.305 e. The third-order valence-electron chi connectivity index (χ3n) is 6.41. The van der Waals surface area contributed by atoms with Crippen LogP contribution in [0, 0.1) is 0 Å². The van der Waals surface area contributed by atoms with Crippen LogP contribution in [0.3, 0.4) is 0 Å². The summed E-state index contributed by atoms with van der Waals surface area (Å²) in [4.78, 5) is 30.2. The van der Waals surface area contributed by atoms with Gasteiger partial charge in [0.25, 0.3) is 5.91 Å². The van der Waals surface area contributed by atoms with Gasteiger partial charge in [-0.15, -0.1) is 0 Å². The van der Waals surface area contributed by atoms with E-state index in [0.717, 1.165) is 42.3 Å². The number of amides is 1. The zero-order chi connectivity index (χ0) is 24.6. The molecule has 3 aromatic carbocycles. The lowest BCUT2D eigenvalue weighted by Gasteiger charge is -2.23. The molecule has 1 amide bonds. The van der Waals surface area contributed by atoms with Gasteiger partial charge < -0.3 is 19.4 Å². The molecule has 6 nitrogen and oxygen atoms in total. The lowest BCUT2D eigenvalue weighted by molar-refractivity contribution is -0.140. The molecule has 0 saturated carbocycles. The minimum absolute atomic E-state index is 0.0200. The number of hydrogen-bond donors (Lipinski definition) is 1. The summed E-state index contributed by atoms with van der Waals surface area (Å²) in [6.45, 7) is 1.24. The quantitative estimate of drug-likeness (QED) is 0.223. The number of fused-ring (bicyclic) bond motifs is 2. The smallest absolute Gasteiger partial charge is 0.305 e. The van der Waals surface area contributed by atoms with Crippen molar-refractivity contribution in [2.45, 2.75) is 32.1 Å². The molecule has 0 aliphatic rings. The zero-order valence-corrected chi connectivity index (χ0v) is 20.4. The molecule has 1 N–H and O–H groups in total. The van der Waals surface area contributed by atoms with Gasteiger partial charge in [-0.2, -0.15) is 0 Å². The number of rotatable bonds is 11. The number of aromatic nitrogens is 1. The molecule has 0 aliphatic carbocycles. The summed E-state index contributed by atoms with van der Waals surface area (Å²) in [6, 6.07) is 22.3. The Morgan fingerprint density at radius 3 is 2.51 bits per heavy atom. The Bertz CT molecular complexity index is 1310. The number of nitrogens with one attached hydrogen (secondary N) is 1. The third kappa shape index (κ3) is 6.01. The first-order valence-electron chi connectivity index (χ1n) is 12.1. The summed E-state index contributed by atoms with van der Waals surface area (Å²) in [6.07, 6.45) is 3.61. The van der Waals surface area contributed by atoms with Crippen LogP contribution in [0.15, 0.2) is 66.7 Å². The predicted octanol–water partition coefficient (Wildman–Crippen LogP) is 5.75. The molecule has 0 aliphatic heterocycles. The molecule has 0 unspecified atom stereocenters. The monoisotopic (exact) mass is 472 g/mol. The predicted molar refractivity (Wildman–Crippen MR) is 139 cm³/mol. The summed E-state index contributed by atoms with van der Waals surface area (Å²) < 4.78 is 10.0. The normalized spacial score (nSPS) is 11.0. The van der Waals surface area contributed by atoms with E-state index in [1.165, 1.54) is 23.4 Å². The molecule has 1 heterocycles. The number of carbonyl (C=O) groups is 2. The van der Waals surface area contributed by atoms with E-state index in [1.807, 2.05) is 35.2 Å². The number of benzene rings is 3. The number of aromatic amines is 1. The minimum Gasteiger partial charge on any atom is -0.497 e. The maximum absolute atomic E-state index is 13.6. The van der Waals surface area contributed by atoms with Crippen LogP contribution in [0.25, 0.3) is 21.7 Å². The van der Waals surface area contributed by atoms with Crippen molar-refractivity contribution in [2.24, 2.45) is 0 Å². The van der Waals surface area contributed by atoms with Gasteiger partial charge in [0.05, 0.1) is 14.2 Å². The minimum atomic E-state index is -0.192. The van der Waals surface area contributed by atoms with Crippen molar-refractivity contribution in [2.75, 3.05) is 27.3 Å². The van der Waals surface area contributed by atoms with E-state index in [-0.39, 0.29) is 11.9 Å². The molecule has 0 bridgehead atoms. The molecular weight excluding hydrogens is 440 g/mol. The van der Waals surface area contributed by atoms with Crippen LogP contribution in [-0.4, -0.2) is 49.1 Å². The second kappa shape index (κ2) is 11.6. The average Bonchev–Trinajstić information content (AvgIpc) is 3.33. The van der Waals surface area contributed by atoms with E-state index in [2.05, 4.69) is 41.4 Å². The van der Waals surface area contributed by atoms with Crippen molar-refractivity contribution in [3.8, 4) is 5.75 Å². The van der Waals surface area contributed by atoms with E-state index in [0.29, 0.717) is 25.2 Å². The van der Waals surface area contributed by atoms with Crippen LogP contribution in [-0.2, 0) is 16.0 Å². The van der Waals surface area contributed by atoms with Gasteiger partial charge in [-0.25, -0.2) is 0 Å². The number of carbonyl (C=O) groups excluding carboxylic acids is 2. The molecule has 4 aromatic rings. The standard InChI is InChI=1S/C29H32N2O4/c1-34-24-14-15-26-23(19-24)20-27(30-26)29(33)31(17-7-3-4-13-28(32)35-2)18-16-22-11-8-10-21-9-5-6-12-25(21)22/h5-6,8-12,14-15,19-20,30H,3-4,7,13,16-18H2,1-2H3. The Morgan fingerprint density at radius 1 is 0.857 bits per heavy atom. The first-order valence-corrected chi connectivity index (χ1v) is 12.1. The molecule has 0 radical (unpaired) electrons. The van der Waals surface area contributed by atoms with Crippen LogP contribution in [0.2, 0.25) is 0 Å². The summed E-state index contributed by atoms with van der Waals surface area (Å²) in [5, 5.41) is 3.37. The zero-order valence-electron chi connectivity index (χ0n) is 20.4. The molecule has 35 heavy (non-hydrogen) atoms. The summed E-state index contributed by atoms with van der Waals surface area (Å²) in [5.41, 5.74) is 2.70. The van der Waals surface area contributed by atoms with Crippen molar-refractivity contribution < 1.29 is 19.1 Å². The Balaban J connectivity index is 1.50. The first kappa shape index (κ1) is 24.3. The number of methoxy groups -OCH3 is 2. The lowest BCUT2D eigenvalue weighted by Crippen LogP contribution is -2.34. The Kier molecular flexibility index (Phi) is 8.03. The van der Waals surface area contributed by atoms with Gasteiger partial charge in [-0.3, -0.25) is 9.59 Å². The van der Waals surface area contributed by atoms with Gasteiger partial charge >= 0.3 is 5.97 Å². The lowest BCUT2D eigenvalue weighted by atomic mass is 10.0. The largest absolute Gasteiger partial charge is 0.497 e. The van der Waals surface area contributed by atoms with Crippen molar-refractivity contribution in [3.63, 3.8) is 0 Å². The van der Waals surface area contributed by atoms with Crippen molar-refractivity contribution in [1.29, 1.82) is 0 Å². The number of ether oxygens (including phenoxy) is 2. The summed E-state index contributed by atoms with van der Waals surface area (Å²) in [5.74, 6) is 0.546. The molecule has 4 rings (SSSR count). The Hall–Kier alpha value is -3.80. The van der Waals surface area contributed by atoms with E-state index in [4.69, 9.17) is 9.47 Å². The van der Waals surface area contributed by atoms with Crippen LogP contribution in [0.1, 0.15) is 41.7 Å². The van der Waals surface area contributed by atoms with E-state index >= 15 is 0 Å². The van der Waals surface area contributed by atoms with Gasteiger partial charge in [0.15, 0.2) is 0 Å². The van der Waals surface area contributed by atoms with Crippen molar-refractivity contribution in [3.05, 3.63) is 78.0 Å². The highest BCUT2D eigenvalue weighted by atomic mass is 16.5. The SMILES string of the molecule is COC(=O)CCCCCN(CCc1cccc2ccccc12)C(=O)c1cc2cc(OC)ccc2[nH]1. The fraction of sp³-hybridized carbons (Fsp3) is 0.310. The molecular formula is C29H32N2O4. The van der Waals surface area contributed by atoms with E-state index in [1.54, 1.807) is 7.11 Å². The van der Waals surface area contributed by atoms with Crippen LogP contribution in [0.4, 0.5) is 0 Å². The molecule has 182 valence electrons. The number of H-pyrrole nitrogens is 1. The van der Waals surface area contributed by atoms with Gasteiger partial charge in [-0.1, -0.05) is 48.9 Å². The Labute approximate surface area is 205 Å². The molecule has 0 spiro atoms. The van der Waals surface area contributed by atoms with Gasteiger partial charge in [-0.05, 0) is 59.9 Å². The summed E-state index contributed by atoms with van der Waals surface area (Å²) in [7, 11) is 3.04. The number of nitrogens with zero attached hydrogens (tertiary/aromatic N) is 1. The fourth-order valence-corrected chi connectivity index (χ4v) is 4.45. The average molecular weight is 473 g/mol. The van der Waals surface area contributed by atoms with Crippen molar-refractivity contribution in [1.82, 2.24) is 9.88 Å². The topological polar surface area (TPSA) is 71.6 Å². The molecule has 6 heteroatoms. The number of esters is 1. The highest BCUT2D eigenvalue weighted by Gasteiger charge is 2.18. The Morgan fingerprint density at radius 2 is 1.69 bits per heavy atom. The van der Waals surface area contributed by atoms with Crippen LogP contribution >= 0.6 is 0 Å². The third-order valence-corrected chi connectivity index (χ3v) is 6.41. The van der Waals surface area contributed by atoms with Gasteiger partial charge in [0.2, 0.25) is 0 Å². The van der Waals surface area contributed by atoms with Gasteiger partial charge in [0, 0.05) is 30.4 Å². The van der Waals surface area contributed by atoms with Crippen LogP contribution < -0.4 is 4.74 Å². The highest BCUT2D eigenvalue weighted by Crippen LogP contribution is 2.23. The first-order chi connectivity index (χ1) is 17.1. The molecule has 0 atom stereocenters. The maximum atomic E-state index is 13.6. The molecule has 1 aromatic heterocycles.